The van der Waals surface area contributed by atoms with Gasteiger partial charge >= 0.3 is 0 Å². The van der Waals surface area contributed by atoms with Crippen LogP contribution in [0, 0.1) is 5.82 Å². The van der Waals surface area contributed by atoms with Gasteiger partial charge in [0.15, 0.2) is 0 Å². The number of aromatic nitrogens is 2. The molecule has 0 saturated heterocycles. The summed E-state index contributed by atoms with van der Waals surface area (Å²) in [5.41, 5.74) is 2.72. The number of halogens is 1. The summed E-state index contributed by atoms with van der Waals surface area (Å²) >= 11 is 0. The van der Waals surface area contributed by atoms with Crippen LogP contribution in [0.1, 0.15) is 24.2 Å². The number of ether oxygens (including phenoxy) is 2. The predicted molar refractivity (Wildman–Crippen MR) is 121 cm³/mol. The summed E-state index contributed by atoms with van der Waals surface area (Å²) in [5, 5.41) is 0. The molecule has 160 valence electrons. The Hall–Kier alpha value is -2.28. The third kappa shape index (κ3) is 6.36. The van der Waals surface area contributed by atoms with Crippen LogP contribution in [0.5, 0.6) is 0 Å². The number of rotatable bonds is 10. The van der Waals surface area contributed by atoms with Crippen molar-refractivity contribution in [1.82, 2.24) is 9.55 Å². The van der Waals surface area contributed by atoms with Crippen molar-refractivity contribution in [2.45, 2.75) is 52.1 Å². The highest BCUT2D eigenvalue weighted by atomic mass is 28.3. The fraction of sp³-hybridized carbons (Fsp3) is 0.375. The molecule has 3 rings (SSSR count). The minimum Gasteiger partial charge on any atom is -0.369 e. The third-order valence-electron chi connectivity index (χ3n) is 4.98. The molecule has 6 heteroatoms. The van der Waals surface area contributed by atoms with Crippen LogP contribution in [0.3, 0.4) is 0 Å². The third-order valence-corrected chi connectivity index (χ3v) is 6.68. The van der Waals surface area contributed by atoms with Gasteiger partial charge in [0.2, 0.25) is 0 Å². The molecule has 0 aliphatic rings. The van der Waals surface area contributed by atoms with Gasteiger partial charge in [0.25, 0.3) is 0 Å². The van der Waals surface area contributed by atoms with E-state index in [0.29, 0.717) is 13.3 Å². The highest BCUT2D eigenvalue weighted by molar-refractivity contribution is 6.76. The summed E-state index contributed by atoms with van der Waals surface area (Å²) in [5.74, 6) is 0.474. The molecule has 0 radical (unpaired) electrons. The Kier molecular flexibility index (Phi) is 7.58. The van der Waals surface area contributed by atoms with Gasteiger partial charge in [0.05, 0.1) is 12.7 Å². The first kappa shape index (κ1) is 22.4. The second-order valence-corrected chi connectivity index (χ2v) is 14.4. The summed E-state index contributed by atoms with van der Waals surface area (Å²) < 4.78 is 28.0. The van der Waals surface area contributed by atoms with Gasteiger partial charge in [-0.05, 0) is 42.3 Å². The van der Waals surface area contributed by atoms with Crippen molar-refractivity contribution in [2.24, 2.45) is 0 Å². The second kappa shape index (κ2) is 10.2. The number of hydrogen-bond donors (Lipinski definition) is 0. The Labute approximate surface area is 179 Å². The predicted octanol–water partition coefficient (Wildman–Crippen LogP) is 6.28. The summed E-state index contributed by atoms with van der Waals surface area (Å²) in [6.07, 6.45) is 3.36. The van der Waals surface area contributed by atoms with E-state index < -0.39 is 8.07 Å². The lowest BCUT2D eigenvalue weighted by Gasteiger charge is -2.19. The number of imidazole rings is 1. The second-order valence-electron chi connectivity index (χ2n) is 8.74. The lowest BCUT2D eigenvalue weighted by Crippen LogP contribution is -2.22. The van der Waals surface area contributed by atoms with Crippen molar-refractivity contribution in [1.29, 1.82) is 0 Å². The first-order valence-electron chi connectivity index (χ1n) is 10.4. The summed E-state index contributed by atoms with van der Waals surface area (Å²) in [4.78, 5) is 4.52. The Morgan fingerprint density at radius 3 is 2.60 bits per heavy atom. The summed E-state index contributed by atoms with van der Waals surface area (Å²) in [7, 11) is -1.13. The van der Waals surface area contributed by atoms with E-state index in [1.165, 1.54) is 12.1 Å². The molecule has 4 nitrogen and oxygen atoms in total. The first-order valence-corrected chi connectivity index (χ1v) is 14.1. The van der Waals surface area contributed by atoms with Gasteiger partial charge < -0.3 is 14.0 Å². The van der Waals surface area contributed by atoms with Crippen LogP contribution in [0.25, 0.3) is 11.4 Å². The van der Waals surface area contributed by atoms with Crippen LogP contribution in [-0.2, 0) is 22.8 Å². The molecule has 0 fully saturated rings. The molecule has 1 atom stereocenters. The molecule has 0 N–H and O–H groups in total. The van der Waals surface area contributed by atoms with Crippen LogP contribution in [0.15, 0.2) is 60.9 Å². The highest BCUT2D eigenvalue weighted by Crippen LogP contribution is 2.30. The van der Waals surface area contributed by atoms with E-state index in [1.54, 1.807) is 12.3 Å². The van der Waals surface area contributed by atoms with E-state index in [1.807, 2.05) is 48.0 Å². The van der Waals surface area contributed by atoms with E-state index >= 15 is 0 Å². The molecule has 2 aromatic carbocycles. The van der Waals surface area contributed by atoms with Gasteiger partial charge in [0, 0.05) is 32.6 Å². The lowest BCUT2D eigenvalue weighted by molar-refractivity contribution is 0.0526. The Morgan fingerprint density at radius 1 is 1.10 bits per heavy atom. The van der Waals surface area contributed by atoms with Crippen molar-refractivity contribution in [2.75, 3.05) is 6.61 Å². The van der Waals surface area contributed by atoms with Gasteiger partial charge in [-0.3, -0.25) is 0 Å². The summed E-state index contributed by atoms with van der Waals surface area (Å²) in [6.45, 7) is 10.6. The fourth-order valence-electron chi connectivity index (χ4n) is 3.16. The zero-order chi connectivity index (χ0) is 21.6. The SMILES string of the molecule is C[C@@H](OCc1ccccc1)c1cc(F)ccc1-c1nccn1COCC[Si](C)(C)C. The molecular formula is C24H31FN2O2Si. The number of hydrogen-bond acceptors (Lipinski definition) is 3. The fourth-order valence-corrected chi connectivity index (χ4v) is 3.91. The van der Waals surface area contributed by atoms with Crippen LogP contribution in [0.2, 0.25) is 25.7 Å². The maximum atomic E-state index is 14.1. The normalized spacial score (nSPS) is 12.8. The van der Waals surface area contributed by atoms with Crippen LogP contribution in [-0.4, -0.2) is 24.2 Å². The Morgan fingerprint density at radius 2 is 1.87 bits per heavy atom. The van der Waals surface area contributed by atoms with Crippen molar-refractivity contribution < 1.29 is 13.9 Å². The minimum atomic E-state index is -1.13. The van der Waals surface area contributed by atoms with E-state index in [-0.39, 0.29) is 11.9 Å². The molecule has 0 unspecified atom stereocenters. The smallest absolute Gasteiger partial charge is 0.142 e. The molecule has 1 heterocycles. The van der Waals surface area contributed by atoms with Crippen LogP contribution >= 0.6 is 0 Å². The van der Waals surface area contributed by atoms with Crippen LogP contribution in [0.4, 0.5) is 4.39 Å². The molecule has 0 spiro atoms. The highest BCUT2D eigenvalue weighted by Gasteiger charge is 2.18. The van der Waals surface area contributed by atoms with Crippen molar-refractivity contribution in [3.8, 4) is 11.4 Å². The monoisotopic (exact) mass is 426 g/mol. The number of nitrogens with zero attached hydrogens (tertiary/aromatic N) is 2. The maximum Gasteiger partial charge on any atom is 0.142 e. The molecular weight excluding hydrogens is 395 g/mol. The largest absolute Gasteiger partial charge is 0.369 e. The quantitative estimate of drug-likeness (QED) is 0.283. The molecule has 0 aliphatic heterocycles. The topological polar surface area (TPSA) is 36.3 Å². The summed E-state index contributed by atoms with van der Waals surface area (Å²) in [6, 6.07) is 15.9. The molecule has 3 aromatic rings. The lowest BCUT2D eigenvalue weighted by atomic mass is 10.0. The molecule has 0 amide bonds. The van der Waals surface area contributed by atoms with Gasteiger partial charge in [-0.15, -0.1) is 0 Å². The van der Waals surface area contributed by atoms with Gasteiger partial charge in [0.1, 0.15) is 18.4 Å². The van der Waals surface area contributed by atoms with Gasteiger partial charge in [-0.2, -0.15) is 0 Å². The van der Waals surface area contributed by atoms with E-state index in [2.05, 4.69) is 24.6 Å². The van der Waals surface area contributed by atoms with E-state index in [4.69, 9.17) is 9.47 Å². The average molecular weight is 427 g/mol. The van der Waals surface area contributed by atoms with Crippen molar-refractivity contribution in [3.05, 3.63) is 77.9 Å². The zero-order valence-corrected chi connectivity index (χ0v) is 19.3. The molecule has 1 aromatic heterocycles. The van der Waals surface area contributed by atoms with E-state index in [0.717, 1.165) is 35.2 Å². The Bertz CT molecular complexity index is 938. The molecule has 30 heavy (non-hydrogen) atoms. The Balaban J connectivity index is 1.74. The first-order chi connectivity index (χ1) is 14.3. The van der Waals surface area contributed by atoms with Crippen molar-refractivity contribution >= 4 is 8.07 Å². The van der Waals surface area contributed by atoms with Gasteiger partial charge in [-0.1, -0.05) is 50.0 Å². The average Bonchev–Trinajstić information content (AvgIpc) is 3.18. The standard InChI is InChI=1S/C24H31FN2O2Si/c1-19(29-17-20-8-6-5-7-9-20)23-16-21(25)10-11-22(23)24-26-12-13-27(24)18-28-14-15-30(2,3)4/h5-13,16,19H,14-15,17-18H2,1-4H3/t19-/m1/s1. The van der Waals surface area contributed by atoms with Gasteiger partial charge in [-0.25, -0.2) is 9.37 Å². The minimum absolute atomic E-state index is 0.283. The van der Waals surface area contributed by atoms with Crippen LogP contribution < -0.4 is 0 Å². The molecule has 0 aliphatic carbocycles. The molecule has 0 bridgehead atoms. The number of benzene rings is 2. The zero-order valence-electron chi connectivity index (χ0n) is 18.3. The maximum absolute atomic E-state index is 14.1. The molecule has 0 saturated carbocycles. The van der Waals surface area contributed by atoms with E-state index in [9.17, 15) is 4.39 Å². The van der Waals surface area contributed by atoms with Crippen molar-refractivity contribution in [3.63, 3.8) is 0 Å².